The third-order valence-electron chi connectivity index (χ3n) is 1.42. The Bertz CT molecular complexity index is 351. The molecule has 0 aliphatic rings. The molecule has 0 saturated carbocycles. The first-order valence-electron chi connectivity index (χ1n) is 3.87. The van der Waals surface area contributed by atoms with Gasteiger partial charge in [0.15, 0.2) is 0 Å². The molecule has 1 heterocycles. The van der Waals surface area contributed by atoms with Crippen LogP contribution in [-0.4, -0.2) is 10.9 Å². The van der Waals surface area contributed by atoms with E-state index >= 15 is 0 Å². The highest BCUT2D eigenvalue weighted by Gasteiger charge is 2.03. The van der Waals surface area contributed by atoms with Crippen LogP contribution in [0.1, 0.15) is 11.3 Å². The van der Waals surface area contributed by atoms with E-state index in [1.165, 1.54) is 0 Å². The molecule has 6 heteroatoms. The Balaban J connectivity index is 2.34. The second kappa shape index (κ2) is 5.43. The van der Waals surface area contributed by atoms with E-state index in [9.17, 15) is 4.79 Å². The van der Waals surface area contributed by atoms with E-state index in [2.05, 4.69) is 33.5 Å². The number of hydrogen-bond acceptors (Lipinski definition) is 3. The van der Waals surface area contributed by atoms with Crippen molar-refractivity contribution in [1.82, 2.24) is 5.32 Å². The van der Waals surface area contributed by atoms with Crippen LogP contribution in [0.2, 0.25) is 0 Å². The zero-order valence-electron chi connectivity index (χ0n) is 7.25. The quantitative estimate of drug-likeness (QED) is 0.832. The fourth-order valence-electron chi connectivity index (χ4n) is 0.853. The Morgan fingerprint density at radius 1 is 1.64 bits per heavy atom. The summed E-state index contributed by atoms with van der Waals surface area (Å²) < 4.78 is 1.05. The third-order valence-corrected chi connectivity index (χ3v) is 3.19. The minimum absolute atomic E-state index is 0.113. The number of nitrogens with two attached hydrogens (primary N) is 1. The summed E-state index contributed by atoms with van der Waals surface area (Å²) >= 11 is 9.55. The van der Waals surface area contributed by atoms with Gasteiger partial charge in [0.05, 0.1) is 21.7 Å². The molecule has 0 atom stereocenters. The van der Waals surface area contributed by atoms with E-state index in [1.807, 2.05) is 12.1 Å². The van der Waals surface area contributed by atoms with Crippen LogP contribution in [0.4, 0.5) is 0 Å². The van der Waals surface area contributed by atoms with Crippen LogP contribution in [0.25, 0.3) is 0 Å². The van der Waals surface area contributed by atoms with Crippen LogP contribution in [-0.2, 0) is 11.3 Å². The van der Waals surface area contributed by atoms with Gasteiger partial charge < -0.3 is 11.1 Å². The molecule has 0 spiro atoms. The Morgan fingerprint density at radius 3 is 2.86 bits per heavy atom. The van der Waals surface area contributed by atoms with Gasteiger partial charge in [-0.15, -0.1) is 11.3 Å². The van der Waals surface area contributed by atoms with Crippen molar-refractivity contribution >= 4 is 50.4 Å². The highest BCUT2D eigenvalue weighted by molar-refractivity contribution is 9.11. The van der Waals surface area contributed by atoms with E-state index in [1.54, 1.807) is 11.3 Å². The largest absolute Gasteiger partial charge is 0.393 e. The molecule has 0 saturated heterocycles. The topological polar surface area (TPSA) is 55.1 Å². The van der Waals surface area contributed by atoms with Crippen molar-refractivity contribution < 1.29 is 4.79 Å². The first-order valence-corrected chi connectivity index (χ1v) is 5.89. The fraction of sp³-hybridized carbons (Fsp3) is 0.250. The molecule has 14 heavy (non-hydrogen) atoms. The summed E-state index contributed by atoms with van der Waals surface area (Å²) in [5, 5.41) is 2.73. The Labute approximate surface area is 99.8 Å². The number of hydrogen-bond donors (Lipinski definition) is 2. The van der Waals surface area contributed by atoms with Crippen LogP contribution in [0.5, 0.6) is 0 Å². The standard InChI is InChI=1S/C8H9BrN2OS2/c9-6-2-1-5(14-6)4-11-8(12)3-7(10)13/h1-2H,3-4H2,(H2,10,13)(H,11,12). The second-order valence-electron chi connectivity index (χ2n) is 2.63. The first-order chi connectivity index (χ1) is 6.58. The fourth-order valence-corrected chi connectivity index (χ4v) is 2.41. The smallest absolute Gasteiger partial charge is 0.227 e. The number of halogens is 1. The van der Waals surface area contributed by atoms with Gasteiger partial charge in [-0.1, -0.05) is 12.2 Å². The molecular weight excluding hydrogens is 284 g/mol. The molecule has 1 aromatic rings. The van der Waals surface area contributed by atoms with E-state index in [0.29, 0.717) is 6.54 Å². The van der Waals surface area contributed by atoms with Gasteiger partial charge in [-0.25, -0.2) is 0 Å². The maximum absolute atomic E-state index is 11.1. The van der Waals surface area contributed by atoms with E-state index in [-0.39, 0.29) is 17.3 Å². The number of rotatable bonds is 4. The lowest BCUT2D eigenvalue weighted by Crippen LogP contribution is -2.26. The van der Waals surface area contributed by atoms with Crippen molar-refractivity contribution in [3.8, 4) is 0 Å². The Morgan fingerprint density at radius 2 is 2.36 bits per heavy atom. The van der Waals surface area contributed by atoms with Gasteiger partial charge in [0.1, 0.15) is 0 Å². The van der Waals surface area contributed by atoms with Crippen molar-refractivity contribution in [1.29, 1.82) is 0 Å². The number of amides is 1. The molecule has 0 bridgehead atoms. The molecule has 0 aliphatic carbocycles. The Hall–Kier alpha value is -0.460. The highest BCUT2D eigenvalue weighted by Crippen LogP contribution is 2.21. The predicted molar refractivity (Wildman–Crippen MR) is 65.3 cm³/mol. The van der Waals surface area contributed by atoms with Gasteiger partial charge in [-0.05, 0) is 28.1 Å². The summed E-state index contributed by atoms with van der Waals surface area (Å²) in [5.74, 6) is -0.137. The predicted octanol–water partition coefficient (Wildman–Crippen LogP) is 1.80. The van der Waals surface area contributed by atoms with Crippen molar-refractivity contribution in [2.45, 2.75) is 13.0 Å². The van der Waals surface area contributed by atoms with Crippen LogP contribution in [0.3, 0.4) is 0 Å². The second-order valence-corrected chi connectivity index (χ2v) is 5.70. The minimum atomic E-state index is -0.137. The molecule has 1 aromatic heterocycles. The zero-order valence-corrected chi connectivity index (χ0v) is 10.5. The number of nitrogens with one attached hydrogen (secondary N) is 1. The maximum Gasteiger partial charge on any atom is 0.227 e. The molecule has 76 valence electrons. The van der Waals surface area contributed by atoms with E-state index in [4.69, 9.17) is 5.73 Å². The van der Waals surface area contributed by atoms with Gasteiger partial charge in [-0.3, -0.25) is 4.79 Å². The van der Waals surface area contributed by atoms with Crippen molar-refractivity contribution in [3.05, 3.63) is 20.8 Å². The monoisotopic (exact) mass is 292 g/mol. The molecule has 0 aliphatic heterocycles. The van der Waals surface area contributed by atoms with Crippen molar-refractivity contribution in [2.75, 3.05) is 0 Å². The lowest BCUT2D eigenvalue weighted by atomic mass is 10.4. The minimum Gasteiger partial charge on any atom is -0.393 e. The molecule has 1 rings (SSSR count). The summed E-state index contributed by atoms with van der Waals surface area (Å²) in [5.41, 5.74) is 5.23. The summed E-state index contributed by atoms with van der Waals surface area (Å²) in [7, 11) is 0. The number of carbonyl (C=O) groups excluding carboxylic acids is 1. The number of thiocarbonyl (C=S) groups is 1. The average Bonchev–Trinajstić information content (AvgIpc) is 2.47. The van der Waals surface area contributed by atoms with Gasteiger partial charge >= 0.3 is 0 Å². The van der Waals surface area contributed by atoms with Crippen LogP contribution in [0.15, 0.2) is 15.9 Å². The van der Waals surface area contributed by atoms with Crippen LogP contribution < -0.4 is 11.1 Å². The number of thiophene rings is 1. The third kappa shape index (κ3) is 4.17. The average molecular weight is 293 g/mol. The highest BCUT2D eigenvalue weighted by atomic mass is 79.9. The van der Waals surface area contributed by atoms with Gasteiger partial charge in [0, 0.05) is 4.88 Å². The SMILES string of the molecule is NC(=S)CC(=O)NCc1ccc(Br)s1. The molecule has 0 radical (unpaired) electrons. The molecule has 0 aromatic carbocycles. The molecule has 0 fully saturated rings. The zero-order chi connectivity index (χ0) is 10.6. The first kappa shape index (κ1) is 11.6. The molecular formula is C8H9BrN2OS2. The van der Waals surface area contributed by atoms with Gasteiger partial charge in [-0.2, -0.15) is 0 Å². The molecule has 3 nitrogen and oxygen atoms in total. The normalized spacial score (nSPS) is 9.79. The summed E-state index contributed by atoms with van der Waals surface area (Å²) in [6.07, 6.45) is 0.113. The summed E-state index contributed by atoms with van der Waals surface area (Å²) in [4.78, 5) is 12.5. The van der Waals surface area contributed by atoms with E-state index < -0.39 is 0 Å². The summed E-state index contributed by atoms with van der Waals surface area (Å²) in [6, 6.07) is 3.90. The van der Waals surface area contributed by atoms with Gasteiger partial charge in [0.2, 0.25) is 5.91 Å². The summed E-state index contributed by atoms with van der Waals surface area (Å²) in [6.45, 7) is 0.526. The molecule has 1 amide bonds. The number of carbonyl (C=O) groups is 1. The molecule has 3 N–H and O–H groups in total. The van der Waals surface area contributed by atoms with Crippen molar-refractivity contribution in [3.63, 3.8) is 0 Å². The maximum atomic E-state index is 11.1. The lowest BCUT2D eigenvalue weighted by molar-refractivity contribution is -0.120. The lowest BCUT2D eigenvalue weighted by Gasteiger charge is -2.01. The Kier molecular flexibility index (Phi) is 4.50. The van der Waals surface area contributed by atoms with Gasteiger partial charge in [0.25, 0.3) is 0 Å². The van der Waals surface area contributed by atoms with Crippen molar-refractivity contribution in [2.24, 2.45) is 5.73 Å². The molecule has 0 unspecified atom stereocenters. The van der Waals surface area contributed by atoms with E-state index in [0.717, 1.165) is 8.66 Å². The van der Waals surface area contributed by atoms with Crippen LogP contribution >= 0.6 is 39.5 Å². The van der Waals surface area contributed by atoms with Crippen LogP contribution in [0, 0.1) is 0 Å².